The van der Waals surface area contributed by atoms with Crippen LogP contribution in [0.1, 0.15) is 0 Å². The van der Waals surface area contributed by atoms with E-state index in [-0.39, 0.29) is 11.7 Å². The molecule has 1 N–H and O–H groups in total. The van der Waals surface area contributed by atoms with E-state index in [2.05, 4.69) is 54.0 Å². The second-order valence-electron chi connectivity index (χ2n) is 4.70. The Morgan fingerprint density at radius 1 is 1.17 bits per heavy atom. The zero-order valence-corrected chi connectivity index (χ0v) is 16.8. The van der Waals surface area contributed by atoms with Gasteiger partial charge in [-0.05, 0) is 74.9 Å². The van der Waals surface area contributed by atoms with E-state index in [4.69, 9.17) is 4.42 Å². The molecule has 0 unspecified atom stereocenters. The van der Waals surface area contributed by atoms with Gasteiger partial charge in [0.25, 0.3) is 5.22 Å². The van der Waals surface area contributed by atoms with Crippen LogP contribution in [-0.2, 0) is 4.79 Å². The Hall–Kier alpha value is -1.39. The highest BCUT2D eigenvalue weighted by Crippen LogP contribution is 2.28. The van der Waals surface area contributed by atoms with E-state index in [0.29, 0.717) is 11.1 Å². The third-order valence-corrected chi connectivity index (χ3v) is 5.19. The maximum Gasteiger partial charge on any atom is 0.277 e. The van der Waals surface area contributed by atoms with Crippen molar-refractivity contribution in [3.8, 4) is 11.5 Å². The van der Waals surface area contributed by atoms with Gasteiger partial charge in [-0.25, -0.2) is 0 Å². The van der Waals surface area contributed by atoms with Crippen LogP contribution in [0.25, 0.3) is 11.5 Å². The topological polar surface area (TPSA) is 68.0 Å². The molecule has 3 rings (SSSR count). The van der Waals surface area contributed by atoms with E-state index in [1.54, 1.807) is 0 Å². The van der Waals surface area contributed by atoms with Gasteiger partial charge in [0.1, 0.15) is 0 Å². The number of carbonyl (C=O) groups is 1. The van der Waals surface area contributed by atoms with Crippen molar-refractivity contribution in [2.45, 2.75) is 5.22 Å². The maximum atomic E-state index is 12.0. The molecule has 0 radical (unpaired) electrons. The number of anilines is 1. The number of thioether (sulfide) groups is 1. The highest BCUT2D eigenvalue weighted by atomic mass is 127. The summed E-state index contributed by atoms with van der Waals surface area (Å²) in [6.45, 7) is 0. The number of benzene rings is 2. The standard InChI is InChI=1S/C16H11BrIN3O2S/c17-13-4-2-1-3-12(13)15-20-21-16(23-15)24-9-14(22)19-11-7-5-10(18)6-8-11/h1-8H,9H2,(H,19,22). The number of amides is 1. The molecule has 0 aliphatic heterocycles. The fraction of sp³-hybridized carbons (Fsp3) is 0.0625. The molecule has 1 heterocycles. The van der Waals surface area contributed by atoms with E-state index < -0.39 is 0 Å². The van der Waals surface area contributed by atoms with Gasteiger partial charge in [-0.1, -0.05) is 23.9 Å². The van der Waals surface area contributed by atoms with Gasteiger partial charge >= 0.3 is 0 Å². The van der Waals surface area contributed by atoms with Crippen LogP contribution in [0.15, 0.2) is 62.6 Å². The monoisotopic (exact) mass is 515 g/mol. The van der Waals surface area contributed by atoms with Crippen LogP contribution < -0.4 is 5.32 Å². The molecule has 1 amide bonds. The van der Waals surface area contributed by atoms with Gasteiger partial charge in [-0.2, -0.15) is 0 Å². The van der Waals surface area contributed by atoms with Crippen molar-refractivity contribution >= 4 is 61.9 Å². The van der Waals surface area contributed by atoms with Crippen LogP contribution in [0.3, 0.4) is 0 Å². The average molecular weight is 516 g/mol. The van der Waals surface area contributed by atoms with E-state index in [1.165, 1.54) is 11.8 Å². The van der Waals surface area contributed by atoms with E-state index >= 15 is 0 Å². The van der Waals surface area contributed by atoms with Crippen LogP contribution in [0.5, 0.6) is 0 Å². The van der Waals surface area contributed by atoms with Crippen molar-refractivity contribution in [3.05, 3.63) is 56.6 Å². The number of carbonyl (C=O) groups excluding carboxylic acids is 1. The van der Waals surface area contributed by atoms with E-state index in [9.17, 15) is 4.79 Å². The predicted octanol–water partition coefficient (Wildman–Crippen LogP) is 4.83. The van der Waals surface area contributed by atoms with Crippen LogP contribution in [0.4, 0.5) is 5.69 Å². The Labute approximate surface area is 164 Å². The van der Waals surface area contributed by atoms with Gasteiger partial charge in [-0.3, -0.25) is 4.79 Å². The van der Waals surface area contributed by atoms with Crippen molar-refractivity contribution in [2.24, 2.45) is 0 Å². The minimum atomic E-state index is -0.123. The first-order valence-corrected chi connectivity index (χ1v) is 9.74. The summed E-state index contributed by atoms with van der Waals surface area (Å²) in [5.41, 5.74) is 1.58. The third-order valence-electron chi connectivity index (χ3n) is 2.97. The molecular weight excluding hydrogens is 505 g/mol. The largest absolute Gasteiger partial charge is 0.411 e. The highest BCUT2D eigenvalue weighted by Gasteiger charge is 2.13. The van der Waals surface area contributed by atoms with Crippen LogP contribution in [0.2, 0.25) is 0 Å². The van der Waals surface area contributed by atoms with Crippen molar-refractivity contribution in [3.63, 3.8) is 0 Å². The molecule has 0 saturated heterocycles. The molecule has 0 aliphatic rings. The Morgan fingerprint density at radius 2 is 1.92 bits per heavy atom. The molecule has 0 spiro atoms. The fourth-order valence-corrected chi connectivity index (χ4v) is 3.25. The van der Waals surface area contributed by atoms with Gasteiger partial charge < -0.3 is 9.73 Å². The first kappa shape index (κ1) is 17.4. The average Bonchev–Trinajstić information content (AvgIpc) is 3.04. The number of nitrogens with zero attached hydrogens (tertiary/aromatic N) is 2. The Bertz CT molecular complexity index is 855. The van der Waals surface area contributed by atoms with Crippen LogP contribution >= 0.6 is 50.3 Å². The summed E-state index contributed by atoms with van der Waals surface area (Å²) >= 11 is 6.87. The highest BCUT2D eigenvalue weighted by molar-refractivity contribution is 14.1. The lowest BCUT2D eigenvalue weighted by Crippen LogP contribution is -2.13. The normalized spacial score (nSPS) is 10.6. The fourth-order valence-electron chi connectivity index (χ4n) is 1.87. The number of rotatable bonds is 5. The first-order chi connectivity index (χ1) is 11.6. The SMILES string of the molecule is O=C(CSc1nnc(-c2ccccc2Br)o1)Nc1ccc(I)cc1. The predicted molar refractivity (Wildman–Crippen MR) is 106 cm³/mol. The molecule has 0 fully saturated rings. The molecule has 0 aliphatic carbocycles. The minimum absolute atomic E-state index is 0.123. The van der Waals surface area contributed by atoms with Gasteiger partial charge in [0.05, 0.1) is 11.3 Å². The van der Waals surface area contributed by atoms with Crippen molar-refractivity contribution in [1.29, 1.82) is 0 Å². The van der Waals surface area contributed by atoms with Crippen molar-refractivity contribution in [1.82, 2.24) is 10.2 Å². The molecule has 8 heteroatoms. The van der Waals surface area contributed by atoms with Crippen LogP contribution in [-0.4, -0.2) is 21.9 Å². The Balaban J connectivity index is 1.58. The maximum absolute atomic E-state index is 12.0. The van der Waals surface area contributed by atoms with Gasteiger partial charge in [0, 0.05) is 13.7 Å². The Kier molecular flexibility index (Phi) is 5.90. The second kappa shape index (κ2) is 8.13. The molecule has 2 aromatic carbocycles. The molecule has 1 aromatic heterocycles. The minimum Gasteiger partial charge on any atom is -0.411 e. The van der Waals surface area contributed by atoms with Crippen molar-refractivity contribution in [2.75, 3.05) is 11.1 Å². The lowest BCUT2D eigenvalue weighted by Gasteiger charge is -2.03. The second-order valence-corrected chi connectivity index (χ2v) is 7.72. The summed E-state index contributed by atoms with van der Waals surface area (Å²) in [6, 6.07) is 15.2. The summed E-state index contributed by atoms with van der Waals surface area (Å²) in [5, 5.41) is 11.2. The van der Waals surface area contributed by atoms with E-state index in [1.807, 2.05) is 48.5 Å². The summed E-state index contributed by atoms with van der Waals surface area (Å²) in [5.74, 6) is 0.494. The number of hydrogen-bond donors (Lipinski definition) is 1. The van der Waals surface area contributed by atoms with Crippen molar-refractivity contribution < 1.29 is 9.21 Å². The smallest absolute Gasteiger partial charge is 0.277 e. The van der Waals surface area contributed by atoms with Gasteiger partial charge in [0.15, 0.2) is 0 Å². The lowest BCUT2D eigenvalue weighted by molar-refractivity contribution is -0.113. The first-order valence-electron chi connectivity index (χ1n) is 6.88. The van der Waals surface area contributed by atoms with E-state index in [0.717, 1.165) is 19.3 Å². The summed E-state index contributed by atoms with van der Waals surface area (Å²) in [4.78, 5) is 12.0. The summed E-state index contributed by atoms with van der Waals surface area (Å²) < 4.78 is 7.59. The molecule has 5 nitrogen and oxygen atoms in total. The Morgan fingerprint density at radius 3 is 2.67 bits per heavy atom. The summed E-state index contributed by atoms with van der Waals surface area (Å²) in [6.07, 6.45) is 0. The molecule has 3 aromatic rings. The number of hydrogen-bond acceptors (Lipinski definition) is 5. The zero-order valence-electron chi connectivity index (χ0n) is 12.2. The van der Waals surface area contributed by atoms with Crippen LogP contribution in [0, 0.1) is 3.57 Å². The number of nitrogens with one attached hydrogen (secondary N) is 1. The molecule has 24 heavy (non-hydrogen) atoms. The summed E-state index contributed by atoms with van der Waals surface area (Å²) in [7, 11) is 0. The molecule has 122 valence electrons. The third kappa shape index (κ3) is 4.58. The quantitative estimate of drug-likeness (QED) is 0.389. The zero-order chi connectivity index (χ0) is 16.9. The molecule has 0 saturated carbocycles. The van der Waals surface area contributed by atoms with Gasteiger partial charge in [-0.15, -0.1) is 10.2 Å². The number of halogens is 2. The molecule has 0 bridgehead atoms. The molecule has 0 atom stereocenters. The lowest BCUT2D eigenvalue weighted by atomic mass is 10.2. The number of aromatic nitrogens is 2. The molecular formula is C16H11BrIN3O2S. The van der Waals surface area contributed by atoms with Gasteiger partial charge in [0.2, 0.25) is 11.8 Å².